The first-order valence-corrected chi connectivity index (χ1v) is 9.63. The van der Waals surface area contributed by atoms with Crippen molar-refractivity contribution in [3.8, 4) is 11.4 Å². The molecule has 142 valence electrons. The molecule has 4 aromatic rings. The van der Waals surface area contributed by atoms with Gasteiger partial charge in [-0.2, -0.15) is 4.98 Å². The Bertz CT molecular complexity index is 1090. The number of rotatable bonds is 6. The molecule has 5 heteroatoms. The van der Waals surface area contributed by atoms with Crippen molar-refractivity contribution in [1.29, 1.82) is 0 Å². The van der Waals surface area contributed by atoms with E-state index in [2.05, 4.69) is 64.8 Å². The van der Waals surface area contributed by atoms with Gasteiger partial charge in [-0.25, -0.2) is 4.98 Å². The maximum Gasteiger partial charge on any atom is 0.229 e. The molecule has 0 aliphatic heterocycles. The first kappa shape index (κ1) is 18.2. The molecule has 0 amide bonds. The number of anilines is 1. The van der Waals surface area contributed by atoms with Crippen LogP contribution in [0.2, 0.25) is 0 Å². The van der Waals surface area contributed by atoms with E-state index in [-0.39, 0.29) is 5.92 Å². The van der Waals surface area contributed by atoms with Gasteiger partial charge in [0.25, 0.3) is 0 Å². The van der Waals surface area contributed by atoms with Crippen molar-refractivity contribution in [2.75, 3.05) is 11.9 Å². The van der Waals surface area contributed by atoms with E-state index < -0.39 is 0 Å². The molecular formula is C23H24N4O. The molecule has 2 aromatic heterocycles. The van der Waals surface area contributed by atoms with Crippen LogP contribution >= 0.6 is 0 Å². The monoisotopic (exact) mass is 372 g/mol. The normalized spacial score (nSPS) is 11.3. The van der Waals surface area contributed by atoms with Gasteiger partial charge in [0.15, 0.2) is 0 Å². The highest BCUT2D eigenvalue weighted by molar-refractivity contribution is 5.88. The molecule has 0 unspecified atom stereocenters. The van der Waals surface area contributed by atoms with E-state index in [4.69, 9.17) is 9.51 Å². The van der Waals surface area contributed by atoms with E-state index in [1.54, 1.807) is 0 Å². The quantitative estimate of drug-likeness (QED) is 0.493. The molecule has 2 aromatic carbocycles. The summed E-state index contributed by atoms with van der Waals surface area (Å²) in [5.74, 6) is 2.17. The van der Waals surface area contributed by atoms with Crippen LogP contribution < -0.4 is 5.32 Å². The fraction of sp³-hybridized carbons (Fsp3) is 0.261. The van der Waals surface area contributed by atoms with E-state index in [9.17, 15) is 0 Å². The number of hydrogen-bond acceptors (Lipinski definition) is 5. The van der Waals surface area contributed by atoms with Crippen LogP contribution in [0.3, 0.4) is 0 Å². The summed E-state index contributed by atoms with van der Waals surface area (Å²) in [7, 11) is 0. The summed E-state index contributed by atoms with van der Waals surface area (Å²) in [5, 5.41) is 8.74. The average molecular weight is 372 g/mol. The molecule has 0 spiro atoms. The molecule has 0 bridgehead atoms. The second kappa shape index (κ2) is 7.80. The van der Waals surface area contributed by atoms with E-state index in [1.807, 2.05) is 26.0 Å². The van der Waals surface area contributed by atoms with E-state index in [0.717, 1.165) is 35.2 Å². The first-order chi connectivity index (χ1) is 13.6. The molecule has 0 aliphatic rings. The Morgan fingerprint density at radius 3 is 2.57 bits per heavy atom. The van der Waals surface area contributed by atoms with Crippen LogP contribution in [0.5, 0.6) is 0 Å². The summed E-state index contributed by atoms with van der Waals surface area (Å²) < 4.78 is 5.43. The van der Waals surface area contributed by atoms with Crippen molar-refractivity contribution in [1.82, 2.24) is 15.1 Å². The highest BCUT2D eigenvalue weighted by atomic mass is 16.5. The van der Waals surface area contributed by atoms with Gasteiger partial charge in [0.05, 0.1) is 11.1 Å². The Morgan fingerprint density at radius 1 is 1.00 bits per heavy atom. The van der Waals surface area contributed by atoms with Gasteiger partial charge in [-0.3, -0.25) is 0 Å². The number of nitrogens with zero attached hydrogens (tertiary/aromatic N) is 3. The number of aromatic nitrogens is 3. The zero-order valence-electron chi connectivity index (χ0n) is 16.4. The van der Waals surface area contributed by atoms with Crippen LogP contribution in [0.15, 0.2) is 59.1 Å². The van der Waals surface area contributed by atoms with Gasteiger partial charge in [-0.15, -0.1) is 0 Å². The maximum atomic E-state index is 5.43. The van der Waals surface area contributed by atoms with E-state index in [0.29, 0.717) is 11.7 Å². The molecule has 2 heterocycles. The number of hydrogen-bond donors (Lipinski definition) is 1. The van der Waals surface area contributed by atoms with Crippen molar-refractivity contribution < 1.29 is 4.52 Å². The Balaban J connectivity index is 1.68. The van der Waals surface area contributed by atoms with Crippen LogP contribution in [0.1, 0.15) is 36.8 Å². The van der Waals surface area contributed by atoms with Gasteiger partial charge < -0.3 is 9.84 Å². The number of aryl methyl sites for hydroxylation is 1. The highest BCUT2D eigenvalue weighted by Crippen LogP contribution is 2.29. The van der Waals surface area contributed by atoms with E-state index >= 15 is 0 Å². The van der Waals surface area contributed by atoms with Crippen molar-refractivity contribution >= 4 is 16.7 Å². The molecule has 0 radical (unpaired) electrons. The van der Waals surface area contributed by atoms with Gasteiger partial charge >= 0.3 is 0 Å². The fourth-order valence-corrected chi connectivity index (χ4v) is 3.15. The molecule has 4 rings (SSSR count). The molecule has 0 aliphatic carbocycles. The first-order valence-electron chi connectivity index (χ1n) is 9.63. The Hall–Kier alpha value is -3.21. The number of benzene rings is 2. The number of fused-ring (bicyclic) bond motifs is 1. The fourth-order valence-electron chi connectivity index (χ4n) is 3.15. The second-order valence-corrected chi connectivity index (χ2v) is 7.35. The van der Waals surface area contributed by atoms with Gasteiger partial charge in [0.1, 0.15) is 5.82 Å². The molecule has 0 atom stereocenters. The molecule has 0 saturated carbocycles. The third-order valence-corrected chi connectivity index (χ3v) is 4.70. The lowest BCUT2D eigenvalue weighted by Crippen LogP contribution is -2.08. The van der Waals surface area contributed by atoms with Gasteiger partial charge in [-0.05, 0) is 37.1 Å². The summed E-state index contributed by atoms with van der Waals surface area (Å²) in [4.78, 5) is 9.42. The number of pyridine rings is 1. The molecule has 0 fully saturated rings. The van der Waals surface area contributed by atoms with Gasteiger partial charge in [0.2, 0.25) is 11.7 Å². The number of nitrogens with one attached hydrogen (secondary N) is 1. The summed E-state index contributed by atoms with van der Waals surface area (Å²) >= 11 is 0. The molecular weight excluding hydrogens is 348 g/mol. The predicted octanol–water partition coefficient (Wildman–Crippen LogP) is 5.37. The smallest absolute Gasteiger partial charge is 0.229 e. The third-order valence-electron chi connectivity index (χ3n) is 4.70. The Labute approximate surface area is 164 Å². The van der Waals surface area contributed by atoms with Crippen molar-refractivity contribution in [2.45, 2.75) is 33.1 Å². The minimum atomic E-state index is 0.186. The summed E-state index contributed by atoms with van der Waals surface area (Å²) in [6.45, 7) is 6.93. The van der Waals surface area contributed by atoms with E-state index in [1.165, 1.54) is 11.1 Å². The molecule has 1 N–H and O–H groups in total. The molecule has 5 nitrogen and oxygen atoms in total. The van der Waals surface area contributed by atoms with Crippen LogP contribution in [0, 0.1) is 6.92 Å². The zero-order chi connectivity index (χ0) is 19.5. The zero-order valence-corrected chi connectivity index (χ0v) is 16.4. The van der Waals surface area contributed by atoms with Crippen LogP contribution in [-0.2, 0) is 6.42 Å². The molecule has 28 heavy (non-hydrogen) atoms. The van der Waals surface area contributed by atoms with Crippen molar-refractivity contribution in [3.05, 3.63) is 71.6 Å². The topological polar surface area (TPSA) is 63.8 Å². The molecule has 0 saturated heterocycles. The summed E-state index contributed by atoms with van der Waals surface area (Å²) in [5.41, 5.74) is 4.29. The lowest BCUT2D eigenvalue weighted by atomic mass is 10.1. The van der Waals surface area contributed by atoms with Crippen LogP contribution in [0.4, 0.5) is 5.82 Å². The lowest BCUT2D eigenvalue weighted by Gasteiger charge is -2.11. The lowest BCUT2D eigenvalue weighted by molar-refractivity contribution is 0.365. The third kappa shape index (κ3) is 3.88. The predicted molar refractivity (Wildman–Crippen MR) is 112 cm³/mol. The summed E-state index contributed by atoms with van der Waals surface area (Å²) in [6.07, 6.45) is 0.914. The van der Waals surface area contributed by atoms with Crippen molar-refractivity contribution in [3.63, 3.8) is 0 Å². The van der Waals surface area contributed by atoms with Crippen LogP contribution in [-0.4, -0.2) is 21.7 Å². The minimum absolute atomic E-state index is 0.186. The SMILES string of the molecule is Cc1ccc2nc(NCCc3ccccc3)c(-c3noc(C(C)C)n3)cc2c1. The second-order valence-electron chi connectivity index (χ2n) is 7.35. The largest absolute Gasteiger partial charge is 0.369 e. The average Bonchev–Trinajstić information content (AvgIpc) is 3.19. The maximum absolute atomic E-state index is 5.43. The minimum Gasteiger partial charge on any atom is -0.369 e. The Morgan fingerprint density at radius 2 is 1.82 bits per heavy atom. The summed E-state index contributed by atoms with van der Waals surface area (Å²) in [6, 6.07) is 18.8. The Kier molecular flexibility index (Phi) is 5.06. The van der Waals surface area contributed by atoms with Gasteiger partial charge in [0, 0.05) is 17.8 Å². The highest BCUT2D eigenvalue weighted by Gasteiger charge is 2.17. The van der Waals surface area contributed by atoms with Gasteiger partial charge in [-0.1, -0.05) is 61.0 Å². The van der Waals surface area contributed by atoms with Crippen molar-refractivity contribution in [2.24, 2.45) is 0 Å². The van der Waals surface area contributed by atoms with Crippen LogP contribution in [0.25, 0.3) is 22.3 Å². The standard InChI is InChI=1S/C23H24N4O/c1-15(2)23-26-22(27-28-23)19-14-18-13-16(3)9-10-20(18)25-21(19)24-12-11-17-7-5-4-6-8-17/h4-10,13-15H,11-12H2,1-3H3,(H,24,25).